The van der Waals surface area contributed by atoms with E-state index in [9.17, 15) is 4.79 Å². The highest BCUT2D eigenvalue weighted by atomic mass is 16.5. The van der Waals surface area contributed by atoms with Crippen molar-refractivity contribution in [1.29, 1.82) is 0 Å². The number of fused-ring (bicyclic) bond motifs is 1. The van der Waals surface area contributed by atoms with Crippen molar-refractivity contribution in [3.63, 3.8) is 0 Å². The molecule has 1 aliphatic carbocycles. The van der Waals surface area contributed by atoms with Gasteiger partial charge in [-0.3, -0.25) is 9.69 Å². The van der Waals surface area contributed by atoms with Gasteiger partial charge in [-0.15, -0.1) is 0 Å². The van der Waals surface area contributed by atoms with Crippen molar-refractivity contribution in [3.05, 3.63) is 29.8 Å². The standard InChI is InChI=1S/C21H30N2O2/c1-25-19-10-8-16(9-11-19)13-22-12-3-2-5-18-14-23(15-20(18)22)21(24)17-6-4-7-17/h8-11,17-18,20H,2-7,12-15H2,1H3/t18-,20+/m0/s1. The van der Waals surface area contributed by atoms with Gasteiger partial charge in [-0.2, -0.15) is 0 Å². The van der Waals surface area contributed by atoms with Crippen LogP contribution in [0.2, 0.25) is 0 Å². The molecule has 4 rings (SSSR count). The summed E-state index contributed by atoms with van der Waals surface area (Å²) in [7, 11) is 1.71. The van der Waals surface area contributed by atoms with Crippen LogP contribution in [0, 0.1) is 11.8 Å². The first-order valence-electron chi connectivity index (χ1n) is 9.90. The highest BCUT2D eigenvalue weighted by Gasteiger charge is 2.41. The van der Waals surface area contributed by atoms with E-state index in [2.05, 4.69) is 21.9 Å². The Balaban J connectivity index is 1.44. The van der Waals surface area contributed by atoms with Crippen LogP contribution in [0.15, 0.2) is 24.3 Å². The first-order valence-corrected chi connectivity index (χ1v) is 9.90. The fraction of sp³-hybridized carbons (Fsp3) is 0.667. The van der Waals surface area contributed by atoms with Crippen LogP contribution in [0.1, 0.15) is 44.1 Å². The van der Waals surface area contributed by atoms with Crippen molar-refractivity contribution < 1.29 is 9.53 Å². The molecular weight excluding hydrogens is 312 g/mol. The van der Waals surface area contributed by atoms with E-state index < -0.39 is 0 Å². The lowest BCUT2D eigenvalue weighted by molar-refractivity contribution is -0.137. The smallest absolute Gasteiger partial charge is 0.225 e. The topological polar surface area (TPSA) is 32.8 Å². The fourth-order valence-electron chi connectivity index (χ4n) is 4.69. The van der Waals surface area contributed by atoms with E-state index in [1.54, 1.807) is 7.11 Å². The summed E-state index contributed by atoms with van der Waals surface area (Å²) >= 11 is 0. The van der Waals surface area contributed by atoms with E-state index in [-0.39, 0.29) is 0 Å². The summed E-state index contributed by atoms with van der Waals surface area (Å²) in [5.41, 5.74) is 1.34. The van der Waals surface area contributed by atoms with E-state index >= 15 is 0 Å². The van der Waals surface area contributed by atoms with Gasteiger partial charge in [0.1, 0.15) is 5.75 Å². The molecule has 2 saturated heterocycles. The predicted molar refractivity (Wildman–Crippen MR) is 98.5 cm³/mol. The second kappa shape index (κ2) is 7.36. The zero-order valence-corrected chi connectivity index (χ0v) is 15.3. The summed E-state index contributed by atoms with van der Waals surface area (Å²) in [5, 5.41) is 0. The molecule has 2 aliphatic heterocycles. The Labute approximate surface area is 151 Å². The third-order valence-electron chi connectivity index (χ3n) is 6.46. The molecule has 2 heterocycles. The second-order valence-corrected chi connectivity index (χ2v) is 8.01. The van der Waals surface area contributed by atoms with E-state index in [1.165, 1.54) is 31.2 Å². The van der Waals surface area contributed by atoms with E-state index in [0.29, 0.717) is 23.8 Å². The number of nitrogens with zero attached hydrogens (tertiary/aromatic N) is 2. The molecule has 3 aliphatic rings. The van der Waals surface area contributed by atoms with Crippen molar-refractivity contribution in [3.8, 4) is 5.75 Å². The number of rotatable bonds is 4. The molecule has 1 saturated carbocycles. The lowest BCUT2D eigenvalue weighted by Gasteiger charge is -2.31. The summed E-state index contributed by atoms with van der Waals surface area (Å²) in [6, 6.07) is 8.97. The van der Waals surface area contributed by atoms with Crippen LogP contribution in [0.3, 0.4) is 0 Å². The van der Waals surface area contributed by atoms with Gasteiger partial charge in [0.15, 0.2) is 0 Å². The minimum Gasteiger partial charge on any atom is -0.497 e. The molecule has 0 N–H and O–H groups in total. The van der Waals surface area contributed by atoms with Crippen molar-refractivity contribution in [2.45, 2.75) is 51.1 Å². The monoisotopic (exact) mass is 342 g/mol. The Morgan fingerprint density at radius 3 is 2.56 bits per heavy atom. The maximum Gasteiger partial charge on any atom is 0.225 e. The molecule has 136 valence electrons. The van der Waals surface area contributed by atoms with Gasteiger partial charge in [-0.1, -0.05) is 25.0 Å². The van der Waals surface area contributed by atoms with Gasteiger partial charge in [0.25, 0.3) is 0 Å². The number of benzene rings is 1. The average Bonchev–Trinajstić information content (AvgIpc) is 2.92. The lowest BCUT2D eigenvalue weighted by Crippen LogP contribution is -2.42. The van der Waals surface area contributed by atoms with Crippen LogP contribution in [0.5, 0.6) is 5.75 Å². The summed E-state index contributed by atoms with van der Waals surface area (Å²) in [6.07, 6.45) is 7.31. The zero-order valence-electron chi connectivity index (χ0n) is 15.3. The molecular formula is C21H30N2O2. The minimum atomic E-state index is 0.331. The van der Waals surface area contributed by atoms with Crippen LogP contribution < -0.4 is 4.74 Å². The normalized spacial score (nSPS) is 27.5. The highest BCUT2D eigenvalue weighted by Crippen LogP contribution is 2.35. The predicted octanol–water partition coefficient (Wildman–Crippen LogP) is 3.31. The first kappa shape index (κ1) is 16.9. The van der Waals surface area contributed by atoms with Gasteiger partial charge in [0, 0.05) is 31.6 Å². The number of hydrogen-bond acceptors (Lipinski definition) is 3. The number of likely N-dealkylation sites (tertiary alicyclic amines) is 2. The number of hydrogen-bond donors (Lipinski definition) is 0. The van der Waals surface area contributed by atoms with Gasteiger partial charge < -0.3 is 9.64 Å². The molecule has 4 heteroatoms. The number of methoxy groups -OCH3 is 1. The molecule has 0 aromatic heterocycles. The van der Waals surface area contributed by atoms with Crippen molar-refractivity contribution in [2.24, 2.45) is 11.8 Å². The third-order valence-corrected chi connectivity index (χ3v) is 6.46. The summed E-state index contributed by atoms with van der Waals surface area (Å²) in [4.78, 5) is 17.5. The molecule has 1 aromatic rings. The molecule has 1 amide bonds. The second-order valence-electron chi connectivity index (χ2n) is 8.01. The number of amides is 1. The average molecular weight is 342 g/mol. The maximum atomic E-state index is 12.7. The Kier molecular flexibility index (Phi) is 4.98. The SMILES string of the molecule is COc1ccc(CN2CCCC[C@H]3CN(C(=O)C4CCC4)C[C@H]32)cc1. The van der Waals surface area contributed by atoms with E-state index in [0.717, 1.165) is 44.8 Å². The zero-order chi connectivity index (χ0) is 17.2. The largest absolute Gasteiger partial charge is 0.497 e. The Morgan fingerprint density at radius 2 is 1.88 bits per heavy atom. The Hall–Kier alpha value is -1.55. The van der Waals surface area contributed by atoms with Crippen LogP contribution in [-0.2, 0) is 11.3 Å². The molecule has 4 nitrogen and oxygen atoms in total. The Bertz CT molecular complexity index is 596. The third kappa shape index (κ3) is 3.55. The summed E-state index contributed by atoms with van der Waals surface area (Å²) in [5.74, 6) is 2.33. The molecule has 1 aromatic carbocycles. The van der Waals surface area contributed by atoms with E-state index in [4.69, 9.17) is 4.74 Å². The first-order chi connectivity index (χ1) is 12.2. The number of carbonyl (C=O) groups excluding carboxylic acids is 1. The van der Waals surface area contributed by atoms with Gasteiger partial charge >= 0.3 is 0 Å². The van der Waals surface area contributed by atoms with Gasteiger partial charge in [0.05, 0.1) is 7.11 Å². The van der Waals surface area contributed by atoms with Crippen LogP contribution in [0.4, 0.5) is 0 Å². The summed E-state index contributed by atoms with van der Waals surface area (Å²) in [6.45, 7) is 4.06. The molecule has 3 fully saturated rings. The summed E-state index contributed by atoms with van der Waals surface area (Å²) < 4.78 is 5.27. The lowest BCUT2D eigenvalue weighted by atomic mass is 9.84. The minimum absolute atomic E-state index is 0.331. The van der Waals surface area contributed by atoms with E-state index in [1.807, 2.05) is 12.1 Å². The van der Waals surface area contributed by atoms with Gasteiger partial charge in [-0.05, 0) is 55.8 Å². The molecule has 0 spiro atoms. The van der Waals surface area contributed by atoms with Gasteiger partial charge in [0.2, 0.25) is 5.91 Å². The Morgan fingerprint density at radius 1 is 1.08 bits per heavy atom. The molecule has 0 radical (unpaired) electrons. The molecule has 25 heavy (non-hydrogen) atoms. The van der Waals surface area contributed by atoms with Crippen molar-refractivity contribution in [1.82, 2.24) is 9.80 Å². The van der Waals surface area contributed by atoms with Crippen molar-refractivity contribution in [2.75, 3.05) is 26.7 Å². The highest BCUT2D eigenvalue weighted by molar-refractivity contribution is 5.80. The van der Waals surface area contributed by atoms with Crippen LogP contribution in [-0.4, -0.2) is 48.5 Å². The quantitative estimate of drug-likeness (QED) is 0.842. The molecule has 0 bridgehead atoms. The van der Waals surface area contributed by atoms with Crippen LogP contribution in [0.25, 0.3) is 0 Å². The van der Waals surface area contributed by atoms with Crippen LogP contribution >= 0.6 is 0 Å². The number of ether oxygens (including phenoxy) is 1. The maximum absolute atomic E-state index is 12.7. The fourth-order valence-corrected chi connectivity index (χ4v) is 4.69. The molecule has 0 unspecified atom stereocenters. The van der Waals surface area contributed by atoms with Crippen molar-refractivity contribution >= 4 is 5.91 Å². The van der Waals surface area contributed by atoms with Gasteiger partial charge in [-0.25, -0.2) is 0 Å². The number of carbonyl (C=O) groups is 1. The molecule has 2 atom stereocenters.